The van der Waals surface area contributed by atoms with Gasteiger partial charge < -0.3 is 14.6 Å². The summed E-state index contributed by atoms with van der Waals surface area (Å²) in [5.41, 5.74) is 0.276. The van der Waals surface area contributed by atoms with Gasteiger partial charge in [-0.25, -0.2) is 9.78 Å². The molecule has 1 N–H and O–H groups in total. The summed E-state index contributed by atoms with van der Waals surface area (Å²) in [5, 5.41) is 10.4. The highest BCUT2D eigenvalue weighted by molar-refractivity contribution is 7.99. The number of aliphatic hydroxyl groups is 1. The highest BCUT2D eigenvalue weighted by atomic mass is 32.2. The minimum Gasteiger partial charge on any atom is -0.391 e. The van der Waals surface area contributed by atoms with Gasteiger partial charge >= 0.3 is 5.69 Å². The van der Waals surface area contributed by atoms with Crippen molar-refractivity contribution in [2.75, 3.05) is 45.0 Å². The maximum atomic E-state index is 12.8. The number of hydrogen-bond donors (Lipinski definition) is 1. The number of β-amino-alcohol motifs (C(OH)–C–C–N with tert-alkyl or cyclic N) is 1. The van der Waals surface area contributed by atoms with Crippen LogP contribution in [-0.2, 0) is 20.6 Å². The van der Waals surface area contributed by atoms with Crippen LogP contribution in [0.25, 0.3) is 11.2 Å². The molecule has 4 rings (SSSR count). The van der Waals surface area contributed by atoms with Crippen molar-refractivity contribution in [3.63, 3.8) is 0 Å². The minimum atomic E-state index is -0.355. The van der Waals surface area contributed by atoms with Gasteiger partial charge in [-0.2, -0.15) is 0 Å². The number of benzene rings is 1. The number of thioether (sulfide) groups is 1. The highest BCUT2D eigenvalue weighted by Crippen LogP contribution is 2.18. The van der Waals surface area contributed by atoms with Crippen molar-refractivity contribution >= 4 is 22.9 Å². The van der Waals surface area contributed by atoms with Crippen molar-refractivity contribution in [2.45, 2.75) is 24.0 Å². The first-order valence-electron chi connectivity index (χ1n) is 11.4. The molecule has 0 radical (unpaired) electrons. The Kier molecular flexibility index (Phi) is 7.69. The van der Waals surface area contributed by atoms with E-state index < -0.39 is 0 Å². The van der Waals surface area contributed by atoms with Crippen LogP contribution in [0.15, 0.2) is 51.1 Å². The van der Waals surface area contributed by atoms with Crippen LogP contribution in [0.4, 0.5) is 0 Å². The molecule has 1 saturated heterocycles. The molecule has 178 valence electrons. The SMILES string of the molecule is Cn1cnc2c1c(=O)n(CCCN1CCN(CC(O)CSc3ccccc3)CC1)c(=O)n2C. The summed E-state index contributed by atoms with van der Waals surface area (Å²) in [7, 11) is 3.42. The predicted molar refractivity (Wildman–Crippen MR) is 131 cm³/mol. The Bertz CT molecular complexity index is 1180. The van der Waals surface area contributed by atoms with Crippen LogP contribution < -0.4 is 11.2 Å². The van der Waals surface area contributed by atoms with Crippen LogP contribution in [0, 0.1) is 0 Å². The van der Waals surface area contributed by atoms with E-state index in [-0.39, 0.29) is 17.4 Å². The number of nitrogens with zero attached hydrogens (tertiary/aromatic N) is 6. The molecule has 3 heterocycles. The predicted octanol–water partition coefficient (Wildman–Crippen LogP) is 0.595. The second-order valence-corrected chi connectivity index (χ2v) is 9.69. The normalized spacial score (nSPS) is 16.5. The quantitative estimate of drug-likeness (QED) is 0.456. The molecule has 0 saturated carbocycles. The maximum absolute atomic E-state index is 12.8. The van der Waals surface area contributed by atoms with E-state index in [2.05, 4.69) is 26.9 Å². The van der Waals surface area contributed by atoms with E-state index in [9.17, 15) is 14.7 Å². The summed E-state index contributed by atoms with van der Waals surface area (Å²) >= 11 is 1.68. The summed E-state index contributed by atoms with van der Waals surface area (Å²) < 4.78 is 4.43. The number of rotatable bonds is 9. The van der Waals surface area contributed by atoms with Gasteiger partial charge in [0.15, 0.2) is 11.2 Å². The Morgan fingerprint density at radius 1 is 1.03 bits per heavy atom. The van der Waals surface area contributed by atoms with Crippen LogP contribution in [0.1, 0.15) is 6.42 Å². The van der Waals surface area contributed by atoms with Crippen molar-refractivity contribution in [3.8, 4) is 0 Å². The number of aromatic nitrogens is 4. The summed E-state index contributed by atoms with van der Waals surface area (Å²) in [6.07, 6.45) is 1.94. The van der Waals surface area contributed by atoms with Crippen LogP contribution in [-0.4, -0.2) is 84.7 Å². The van der Waals surface area contributed by atoms with Crippen molar-refractivity contribution in [1.29, 1.82) is 0 Å². The number of piperazine rings is 1. The number of fused-ring (bicyclic) bond motifs is 1. The Labute approximate surface area is 197 Å². The molecule has 3 aromatic rings. The van der Waals surface area contributed by atoms with Crippen molar-refractivity contribution in [3.05, 3.63) is 57.5 Å². The molecular weight excluding hydrogens is 440 g/mol. The molecule has 0 bridgehead atoms. The fourth-order valence-electron chi connectivity index (χ4n) is 4.30. The molecule has 1 atom stereocenters. The molecule has 9 nitrogen and oxygen atoms in total. The molecule has 1 aliphatic rings. The maximum Gasteiger partial charge on any atom is 0.332 e. The lowest BCUT2D eigenvalue weighted by Crippen LogP contribution is -2.49. The smallest absolute Gasteiger partial charge is 0.332 e. The summed E-state index contributed by atoms with van der Waals surface area (Å²) in [6, 6.07) is 10.2. The standard InChI is InChI=1S/C23H32N6O3S/c1-25-17-24-21-20(25)22(31)29(23(32)26(21)2)10-6-9-27-11-13-28(14-12-27)15-18(30)16-33-19-7-4-3-5-8-19/h3-5,7-8,17-18,30H,6,9-16H2,1-2H3. The van der Waals surface area contributed by atoms with Gasteiger partial charge in [0.25, 0.3) is 5.56 Å². The lowest BCUT2D eigenvalue weighted by atomic mass is 10.2. The zero-order chi connectivity index (χ0) is 23.4. The van der Waals surface area contributed by atoms with Crippen molar-refractivity contribution < 1.29 is 5.11 Å². The summed E-state index contributed by atoms with van der Waals surface area (Å²) in [6.45, 7) is 5.58. The van der Waals surface area contributed by atoms with Gasteiger partial charge in [0.1, 0.15) is 0 Å². The second-order valence-electron chi connectivity index (χ2n) is 8.60. The Morgan fingerprint density at radius 2 is 1.73 bits per heavy atom. The lowest BCUT2D eigenvalue weighted by Gasteiger charge is -2.35. The van der Waals surface area contributed by atoms with Gasteiger partial charge in [-0.15, -0.1) is 11.8 Å². The number of aryl methyl sites for hydroxylation is 2. The fraction of sp³-hybridized carbons (Fsp3) is 0.522. The zero-order valence-corrected chi connectivity index (χ0v) is 20.1. The first kappa shape index (κ1) is 23.7. The van der Waals surface area contributed by atoms with E-state index in [1.807, 2.05) is 18.2 Å². The van der Waals surface area contributed by atoms with Crippen LogP contribution in [0.3, 0.4) is 0 Å². The molecule has 10 heteroatoms. The molecule has 0 spiro atoms. The lowest BCUT2D eigenvalue weighted by molar-refractivity contribution is 0.0817. The van der Waals surface area contributed by atoms with E-state index in [1.165, 1.54) is 14.0 Å². The van der Waals surface area contributed by atoms with Gasteiger partial charge in [-0.1, -0.05) is 18.2 Å². The monoisotopic (exact) mass is 472 g/mol. The third kappa shape index (κ3) is 5.57. The van der Waals surface area contributed by atoms with Crippen molar-refractivity contribution in [1.82, 2.24) is 28.5 Å². The fourth-order valence-corrected chi connectivity index (χ4v) is 5.14. The highest BCUT2D eigenvalue weighted by Gasteiger charge is 2.20. The number of aliphatic hydroxyl groups excluding tert-OH is 1. The van der Waals surface area contributed by atoms with E-state index in [0.717, 1.165) is 39.1 Å². The second kappa shape index (κ2) is 10.7. The Morgan fingerprint density at radius 3 is 2.45 bits per heavy atom. The Balaban J connectivity index is 1.22. The largest absolute Gasteiger partial charge is 0.391 e. The number of imidazole rings is 1. The zero-order valence-electron chi connectivity index (χ0n) is 19.3. The summed E-state index contributed by atoms with van der Waals surface area (Å²) in [5.74, 6) is 0.689. The van der Waals surface area contributed by atoms with E-state index in [0.29, 0.717) is 30.0 Å². The van der Waals surface area contributed by atoms with Gasteiger partial charge in [-0.05, 0) is 25.1 Å². The molecule has 1 aromatic carbocycles. The molecule has 33 heavy (non-hydrogen) atoms. The molecule has 1 aliphatic heterocycles. The molecule has 0 aliphatic carbocycles. The van der Waals surface area contributed by atoms with Gasteiger partial charge in [0.2, 0.25) is 0 Å². The molecule has 1 unspecified atom stereocenters. The molecule has 1 fully saturated rings. The average Bonchev–Trinajstić information content (AvgIpc) is 3.22. The van der Waals surface area contributed by atoms with E-state index in [4.69, 9.17) is 0 Å². The van der Waals surface area contributed by atoms with Crippen LogP contribution >= 0.6 is 11.8 Å². The Hall–Kier alpha value is -2.40. The molecular formula is C23H32N6O3S. The third-order valence-electron chi connectivity index (χ3n) is 6.18. The van der Waals surface area contributed by atoms with Gasteiger partial charge in [0.05, 0.1) is 12.4 Å². The number of hydrogen-bond acceptors (Lipinski definition) is 7. The third-order valence-corrected chi connectivity index (χ3v) is 7.33. The minimum absolute atomic E-state index is 0.278. The van der Waals surface area contributed by atoms with Crippen LogP contribution in [0.2, 0.25) is 0 Å². The first-order valence-corrected chi connectivity index (χ1v) is 12.3. The van der Waals surface area contributed by atoms with Gasteiger partial charge in [-0.3, -0.25) is 18.8 Å². The van der Waals surface area contributed by atoms with E-state index in [1.54, 1.807) is 36.8 Å². The van der Waals surface area contributed by atoms with Crippen LogP contribution in [0.5, 0.6) is 0 Å². The summed E-state index contributed by atoms with van der Waals surface area (Å²) in [4.78, 5) is 35.4. The van der Waals surface area contributed by atoms with Crippen molar-refractivity contribution in [2.24, 2.45) is 14.1 Å². The average molecular weight is 473 g/mol. The van der Waals surface area contributed by atoms with Gasteiger partial charge in [0, 0.05) is 64.0 Å². The van der Waals surface area contributed by atoms with E-state index >= 15 is 0 Å². The molecule has 0 amide bonds. The first-order chi connectivity index (χ1) is 15.9. The topological polar surface area (TPSA) is 88.5 Å². The molecule has 2 aromatic heterocycles.